The molecule has 1 heterocycles. The highest BCUT2D eigenvalue weighted by Gasteiger charge is 2.25. The SMILES string of the molecule is NS(=O)(=O)c1cc(C(=O)CCCCNCCc2ccccc2Cl)cc2c1OCC2. The number of ketones is 1. The fourth-order valence-electron chi connectivity index (χ4n) is 3.37. The van der Waals surface area contributed by atoms with Gasteiger partial charge < -0.3 is 10.1 Å². The summed E-state index contributed by atoms with van der Waals surface area (Å²) in [6.07, 6.45) is 3.36. The van der Waals surface area contributed by atoms with Crippen LogP contribution in [0.25, 0.3) is 0 Å². The molecule has 8 heteroatoms. The van der Waals surface area contributed by atoms with Crippen molar-refractivity contribution < 1.29 is 17.9 Å². The van der Waals surface area contributed by atoms with E-state index in [2.05, 4.69) is 5.32 Å². The normalized spacial score (nSPS) is 13.2. The molecular weight excluding hydrogens is 412 g/mol. The summed E-state index contributed by atoms with van der Waals surface area (Å²) in [6, 6.07) is 10.8. The van der Waals surface area contributed by atoms with Crippen LogP contribution < -0.4 is 15.2 Å². The number of carbonyl (C=O) groups is 1. The van der Waals surface area contributed by atoms with E-state index in [1.54, 1.807) is 6.07 Å². The van der Waals surface area contributed by atoms with Gasteiger partial charge in [-0.25, -0.2) is 13.6 Å². The molecule has 2 aromatic carbocycles. The van der Waals surface area contributed by atoms with Gasteiger partial charge in [0.1, 0.15) is 10.6 Å². The van der Waals surface area contributed by atoms with Crippen molar-refractivity contribution in [2.75, 3.05) is 19.7 Å². The summed E-state index contributed by atoms with van der Waals surface area (Å²) < 4.78 is 29.0. The zero-order chi connectivity index (χ0) is 20.9. The zero-order valence-corrected chi connectivity index (χ0v) is 17.7. The molecule has 0 spiro atoms. The molecule has 0 amide bonds. The summed E-state index contributed by atoms with van der Waals surface area (Å²) in [7, 11) is -3.94. The number of fused-ring (bicyclic) bond motifs is 1. The number of benzene rings is 2. The minimum absolute atomic E-state index is 0.0827. The number of unbranched alkanes of at least 4 members (excludes halogenated alkanes) is 1. The van der Waals surface area contributed by atoms with E-state index >= 15 is 0 Å². The molecule has 2 aromatic rings. The Balaban J connectivity index is 1.45. The van der Waals surface area contributed by atoms with Gasteiger partial charge in [0.15, 0.2) is 5.78 Å². The number of carbonyl (C=O) groups excluding carboxylic acids is 1. The van der Waals surface area contributed by atoms with E-state index in [1.807, 2.05) is 24.3 Å². The van der Waals surface area contributed by atoms with Gasteiger partial charge >= 0.3 is 0 Å². The molecule has 0 saturated heterocycles. The molecule has 0 fully saturated rings. The minimum Gasteiger partial charge on any atom is -0.492 e. The van der Waals surface area contributed by atoms with Crippen molar-refractivity contribution in [3.05, 3.63) is 58.1 Å². The minimum atomic E-state index is -3.94. The van der Waals surface area contributed by atoms with E-state index < -0.39 is 10.0 Å². The summed E-state index contributed by atoms with van der Waals surface area (Å²) in [4.78, 5) is 12.4. The molecule has 1 aliphatic rings. The first-order chi connectivity index (χ1) is 13.9. The Morgan fingerprint density at radius 3 is 2.72 bits per heavy atom. The van der Waals surface area contributed by atoms with Gasteiger partial charge in [-0.3, -0.25) is 4.79 Å². The molecule has 1 aliphatic heterocycles. The second-order valence-electron chi connectivity index (χ2n) is 7.08. The van der Waals surface area contributed by atoms with Crippen molar-refractivity contribution in [2.24, 2.45) is 5.14 Å². The first-order valence-electron chi connectivity index (χ1n) is 9.66. The van der Waals surface area contributed by atoms with Gasteiger partial charge in [-0.05, 0) is 61.7 Å². The molecule has 3 N–H and O–H groups in total. The predicted molar refractivity (Wildman–Crippen MR) is 113 cm³/mol. The lowest BCUT2D eigenvalue weighted by Crippen LogP contribution is -2.19. The monoisotopic (exact) mass is 436 g/mol. The highest BCUT2D eigenvalue weighted by atomic mass is 35.5. The summed E-state index contributed by atoms with van der Waals surface area (Å²) in [5.74, 6) is 0.201. The summed E-state index contributed by atoms with van der Waals surface area (Å²) in [5.41, 5.74) is 2.22. The fraction of sp³-hybridized carbons (Fsp3) is 0.381. The third kappa shape index (κ3) is 5.79. The van der Waals surface area contributed by atoms with Gasteiger partial charge in [0, 0.05) is 23.4 Å². The number of halogens is 1. The Kier molecular flexibility index (Phi) is 7.29. The highest BCUT2D eigenvalue weighted by Crippen LogP contribution is 2.34. The smallest absolute Gasteiger partial charge is 0.241 e. The Morgan fingerprint density at radius 1 is 1.17 bits per heavy atom. The second kappa shape index (κ2) is 9.71. The molecule has 0 bridgehead atoms. The van der Waals surface area contributed by atoms with Gasteiger partial charge in [-0.15, -0.1) is 0 Å². The van der Waals surface area contributed by atoms with Crippen LogP contribution in [0.2, 0.25) is 5.02 Å². The molecule has 0 saturated carbocycles. The molecule has 29 heavy (non-hydrogen) atoms. The van der Waals surface area contributed by atoms with Crippen LogP contribution in [0, 0.1) is 0 Å². The number of sulfonamides is 1. The van der Waals surface area contributed by atoms with Crippen LogP contribution in [-0.4, -0.2) is 33.9 Å². The third-order valence-electron chi connectivity index (χ3n) is 4.91. The van der Waals surface area contributed by atoms with Gasteiger partial charge in [-0.1, -0.05) is 29.8 Å². The number of rotatable bonds is 10. The van der Waals surface area contributed by atoms with E-state index in [0.717, 1.165) is 48.5 Å². The number of nitrogens with one attached hydrogen (secondary N) is 1. The summed E-state index contributed by atoms with van der Waals surface area (Å²) in [6.45, 7) is 2.02. The number of hydrogen-bond acceptors (Lipinski definition) is 5. The topological polar surface area (TPSA) is 98.5 Å². The van der Waals surface area contributed by atoms with Gasteiger partial charge in [0.2, 0.25) is 10.0 Å². The number of hydrogen-bond donors (Lipinski definition) is 2. The van der Waals surface area contributed by atoms with Crippen molar-refractivity contribution >= 4 is 27.4 Å². The molecule has 6 nitrogen and oxygen atoms in total. The molecule has 0 aliphatic carbocycles. The van der Waals surface area contributed by atoms with Gasteiger partial charge in [0.05, 0.1) is 6.61 Å². The van der Waals surface area contributed by atoms with Crippen LogP contribution in [0.1, 0.15) is 40.7 Å². The van der Waals surface area contributed by atoms with E-state index in [-0.39, 0.29) is 16.4 Å². The summed E-state index contributed by atoms with van der Waals surface area (Å²) in [5, 5.41) is 9.41. The van der Waals surface area contributed by atoms with E-state index in [0.29, 0.717) is 25.0 Å². The van der Waals surface area contributed by atoms with Gasteiger partial charge in [0.25, 0.3) is 0 Å². The van der Waals surface area contributed by atoms with E-state index in [1.165, 1.54) is 6.07 Å². The number of nitrogens with two attached hydrogens (primary N) is 1. The van der Waals surface area contributed by atoms with Crippen LogP contribution in [0.5, 0.6) is 5.75 Å². The predicted octanol–water partition coefficient (Wildman–Crippen LogP) is 3.11. The average molecular weight is 437 g/mol. The summed E-state index contributed by atoms with van der Waals surface area (Å²) >= 11 is 6.14. The van der Waals surface area contributed by atoms with E-state index in [4.69, 9.17) is 21.5 Å². The zero-order valence-electron chi connectivity index (χ0n) is 16.1. The lowest BCUT2D eigenvalue weighted by Gasteiger charge is -2.09. The van der Waals surface area contributed by atoms with Crippen LogP contribution >= 0.6 is 11.6 Å². The van der Waals surface area contributed by atoms with Crippen molar-refractivity contribution in [3.8, 4) is 5.75 Å². The highest BCUT2D eigenvalue weighted by molar-refractivity contribution is 7.89. The standard InChI is InChI=1S/C21H25ClN2O4S/c22-18-6-2-1-5-15(18)8-11-24-10-4-3-7-19(25)17-13-16-9-12-28-21(16)20(14-17)29(23,26)27/h1-2,5-6,13-14,24H,3-4,7-12H2,(H2,23,26,27). The molecule has 0 unspecified atom stereocenters. The Labute approximate surface area is 176 Å². The lowest BCUT2D eigenvalue weighted by atomic mass is 10.0. The van der Waals surface area contributed by atoms with Crippen LogP contribution in [0.3, 0.4) is 0 Å². The average Bonchev–Trinajstić information content (AvgIpc) is 3.15. The maximum absolute atomic E-state index is 12.5. The van der Waals surface area contributed by atoms with Crippen molar-refractivity contribution in [1.29, 1.82) is 0 Å². The van der Waals surface area contributed by atoms with Crippen LogP contribution in [0.15, 0.2) is 41.3 Å². The third-order valence-corrected chi connectivity index (χ3v) is 6.20. The van der Waals surface area contributed by atoms with Crippen molar-refractivity contribution in [1.82, 2.24) is 5.32 Å². The van der Waals surface area contributed by atoms with Crippen molar-refractivity contribution in [2.45, 2.75) is 37.0 Å². The van der Waals surface area contributed by atoms with Crippen molar-refractivity contribution in [3.63, 3.8) is 0 Å². The van der Waals surface area contributed by atoms with Gasteiger partial charge in [-0.2, -0.15) is 0 Å². The molecule has 0 atom stereocenters. The first kappa shape index (κ1) is 21.8. The quantitative estimate of drug-likeness (QED) is 0.440. The van der Waals surface area contributed by atoms with E-state index in [9.17, 15) is 13.2 Å². The van der Waals surface area contributed by atoms with Crippen LogP contribution in [-0.2, 0) is 22.9 Å². The Bertz CT molecular complexity index is 992. The molecule has 0 radical (unpaired) electrons. The Morgan fingerprint density at radius 2 is 1.97 bits per heavy atom. The molecule has 3 rings (SSSR count). The first-order valence-corrected chi connectivity index (χ1v) is 11.6. The largest absolute Gasteiger partial charge is 0.492 e. The molecule has 156 valence electrons. The maximum atomic E-state index is 12.5. The second-order valence-corrected chi connectivity index (χ2v) is 9.01. The lowest BCUT2D eigenvalue weighted by molar-refractivity contribution is 0.0979. The number of ether oxygens (including phenoxy) is 1. The Hall–Kier alpha value is -1.93. The number of Topliss-reactive ketones (excluding diaryl/α,β-unsaturated/α-hetero) is 1. The maximum Gasteiger partial charge on any atom is 0.241 e. The molecule has 0 aromatic heterocycles. The van der Waals surface area contributed by atoms with Crippen LogP contribution in [0.4, 0.5) is 0 Å². The number of primary sulfonamides is 1. The fourth-order valence-corrected chi connectivity index (χ4v) is 4.34. The molecular formula is C21H25ClN2O4S.